The summed E-state index contributed by atoms with van der Waals surface area (Å²) < 4.78 is 26.8. The van der Waals surface area contributed by atoms with E-state index in [-0.39, 0.29) is 5.92 Å². The predicted molar refractivity (Wildman–Crippen MR) is 45.1 cm³/mol. The van der Waals surface area contributed by atoms with Crippen molar-refractivity contribution in [1.82, 2.24) is 0 Å². The molecule has 0 aromatic rings. The molecule has 0 saturated heterocycles. The molecule has 3 saturated carbocycles. The largest absolute Gasteiger partial charge is 0.265 e. The average molecular weight is 201 g/mol. The van der Waals surface area contributed by atoms with Gasteiger partial charge in [0, 0.05) is 5.92 Å². The minimum atomic E-state index is -3.51. The Labute approximate surface area is 77.6 Å². The third-order valence-electron chi connectivity index (χ3n) is 2.98. The Hall–Kier alpha value is -0.600. The van der Waals surface area contributed by atoms with Gasteiger partial charge < -0.3 is 0 Å². The molecule has 0 aliphatic heterocycles. The zero-order valence-electron chi connectivity index (χ0n) is 7.36. The van der Waals surface area contributed by atoms with Crippen LogP contribution in [0.25, 0.3) is 0 Å². The van der Waals surface area contributed by atoms with Crippen molar-refractivity contribution in [3.63, 3.8) is 0 Å². The van der Waals surface area contributed by atoms with Gasteiger partial charge in [0.2, 0.25) is 0 Å². The van der Waals surface area contributed by atoms with Gasteiger partial charge in [-0.25, -0.2) is 4.18 Å². The minimum absolute atomic E-state index is 0.136. The monoisotopic (exact) mass is 201 g/mol. The van der Waals surface area contributed by atoms with Crippen LogP contribution in [0.4, 0.5) is 0 Å². The van der Waals surface area contributed by atoms with Gasteiger partial charge in [0.25, 0.3) is 10.1 Å². The quantitative estimate of drug-likeness (QED) is 0.615. The summed E-state index contributed by atoms with van der Waals surface area (Å²) in [6.07, 6.45) is 3.48. The highest BCUT2D eigenvalue weighted by Gasteiger charge is 2.58. The molecule has 3 aliphatic rings. The fourth-order valence-electron chi connectivity index (χ4n) is 2.41. The Bertz CT molecular complexity index is 363. The van der Waals surface area contributed by atoms with Crippen LogP contribution < -0.4 is 0 Å². The SMILES string of the molecule is CS(=O)(=O)O[C@@]1(C#N)CC2CC1C2. The maximum absolute atomic E-state index is 10.9. The third-order valence-corrected chi connectivity index (χ3v) is 3.58. The maximum atomic E-state index is 10.9. The summed E-state index contributed by atoms with van der Waals surface area (Å²) in [5.41, 5.74) is -1.03. The molecule has 0 N–H and O–H groups in total. The molecular formula is C8H11NO3S. The van der Waals surface area contributed by atoms with Crippen LogP contribution >= 0.6 is 0 Å². The van der Waals surface area contributed by atoms with Crippen molar-refractivity contribution < 1.29 is 12.6 Å². The summed E-state index contributed by atoms with van der Waals surface area (Å²) in [4.78, 5) is 0. The lowest BCUT2D eigenvalue weighted by Gasteiger charge is -2.28. The van der Waals surface area contributed by atoms with Crippen LogP contribution in [0.15, 0.2) is 0 Å². The molecule has 0 radical (unpaired) electrons. The van der Waals surface area contributed by atoms with Crippen molar-refractivity contribution in [3.8, 4) is 6.07 Å². The summed E-state index contributed by atoms with van der Waals surface area (Å²) >= 11 is 0. The van der Waals surface area contributed by atoms with Crippen LogP contribution in [0.3, 0.4) is 0 Å². The van der Waals surface area contributed by atoms with Gasteiger partial charge in [-0.2, -0.15) is 13.7 Å². The minimum Gasteiger partial charge on any atom is -0.248 e. The highest BCUT2D eigenvalue weighted by atomic mass is 32.2. The first kappa shape index (κ1) is 8.97. The van der Waals surface area contributed by atoms with Crippen LogP contribution in [-0.2, 0) is 14.3 Å². The highest BCUT2D eigenvalue weighted by molar-refractivity contribution is 7.86. The Kier molecular flexibility index (Phi) is 1.70. The molecule has 3 rings (SSSR count). The van der Waals surface area contributed by atoms with Gasteiger partial charge >= 0.3 is 0 Å². The number of nitrogens with zero attached hydrogens (tertiary/aromatic N) is 1. The molecule has 3 aliphatic carbocycles. The van der Waals surface area contributed by atoms with E-state index in [0.29, 0.717) is 12.3 Å². The number of hydrogen-bond acceptors (Lipinski definition) is 4. The van der Waals surface area contributed by atoms with Crippen LogP contribution in [0, 0.1) is 23.2 Å². The molecule has 4 nitrogen and oxygen atoms in total. The van der Waals surface area contributed by atoms with E-state index in [1.54, 1.807) is 0 Å². The summed E-state index contributed by atoms with van der Waals surface area (Å²) in [5, 5.41) is 8.94. The third kappa shape index (κ3) is 1.34. The molecule has 0 amide bonds. The van der Waals surface area contributed by atoms with Gasteiger partial charge in [0.15, 0.2) is 5.60 Å². The molecular weight excluding hydrogens is 190 g/mol. The first-order valence-electron chi connectivity index (χ1n) is 4.27. The molecule has 0 aromatic carbocycles. The van der Waals surface area contributed by atoms with Gasteiger partial charge in [-0.15, -0.1) is 0 Å². The molecule has 0 unspecified atom stereocenters. The number of rotatable bonds is 2. The van der Waals surface area contributed by atoms with E-state index in [2.05, 4.69) is 0 Å². The Morgan fingerprint density at radius 1 is 1.54 bits per heavy atom. The van der Waals surface area contributed by atoms with E-state index in [0.717, 1.165) is 19.1 Å². The first-order chi connectivity index (χ1) is 5.95. The van der Waals surface area contributed by atoms with E-state index in [9.17, 15) is 8.42 Å². The van der Waals surface area contributed by atoms with Crippen LogP contribution in [0.5, 0.6) is 0 Å². The van der Waals surface area contributed by atoms with E-state index < -0.39 is 15.7 Å². The lowest BCUT2D eigenvalue weighted by molar-refractivity contribution is 0.0986. The maximum Gasteiger partial charge on any atom is 0.265 e. The van der Waals surface area contributed by atoms with Crippen LogP contribution in [-0.4, -0.2) is 20.3 Å². The number of nitriles is 1. The van der Waals surface area contributed by atoms with Gasteiger partial charge in [-0.05, 0) is 25.2 Å². The molecule has 72 valence electrons. The van der Waals surface area contributed by atoms with Crippen LogP contribution in [0.2, 0.25) is 0 Å². The highest BCUT2D eigenvalue weighted by Crippen LogP contribution is 2.56. The smallest absolute Gasteiger partial charge is 0.248 e. The second kappa shape index (κ2) is 2.46. The van der Waals surface area contributed by atoms with E-state index in [4.69, 9.17) is 9.44 Å². The summed E-state index contributed by atoms with van der Waals surface area (Å²) in [6.45, 7) is 0. The van der Waals surface area contributed by atoms with Gasteiger partial charge in [-0.3, -0.25) is 0 Å². The molecule has 13 heavy (non-hydrogen) atoms. The molecule has 0 aromatic heterocycles. The average Bonchev–Trinajstić information content (AvgIpc) is 2.37. The van der Waals surface area contributed by atoms with Crippen LogP contribution in [0.1, 0.15) is 19.3 Å². The van der Waals surface area contributed by atoms with E-state index in [1.165, 1.54) is 0 Å². The van der Waals surface area contributed by atoms with Crippen molar-refractivity contribution in [1.29, 1.82) is 5.26 Å². The van der Waals surface area contributed by atoms with E-state index >= 15 is 0 Å². The Balaban J connectivity index is 2.24. The van der Waals surface area contributed by atoms with Crippen molar-refractivity contribution >= 4 is 10.1 Å². The number of hydrogen-bond donors (Lipinski definition) is 0. The Morgan fingerprint density at radius 3 is 2.46 bits per heavy atom. The normalized spacial score (nSPS) is 42.5. The van der Waals surface area contributed by atoms with E-state index in [1.807, 2.05) is 6.07 Å². The van der Waals surface area contributed by atoms with Gasteiger partial charge in [0.1, 0.15) is 0 Å². The zero-order valence-corrected chi connectivity index (χ0v) is 8.17. The molecule has 2 bridgehead atoms. The second-order valence-electron chi connectivity index (χ2n) is 4.03. The second-order valence-corrected chi connectivity index (χ2v) is 5.60. The molecule has 5 heteroatoms. The van der Waals surface area contributed by atoms with Crippen molar-refractivity contribution in [2.24, 2.45) is 11.8 Å². The number of fused-ring (bicyclic) bond motifs is 1. The summed E-state index contributed by atoms with van der Waals surface area (Å²) in [5.74, 6) is 0.642. The lowest BCUT2D eigenvalue weighted by Crippen LogP contribution is -2.35. The molecule has 3 fully saturated rings. The van der Waals surface area contributed by atoms with Gasteiger partial charge in [0.05, 0.1) is 12.3 Å². The van der Waals surface area contributed by atoms with Gasteiger partial charge in [-0.1, -0.05) is 0 Å². The fourth-order valence-corrected chi connectivity index (χ4v) is 3.19. The van der Waals surface area contributed by atoms with Crippen molar-refractivity contribution in [3.05, 3.63) is 0 Å². The predicted octanol–water partition coefficient (Wildman–Crippen LogP) is 0.655. The molecule has 0 spiro atoms. The van der Waals surface area contributed by atoms with Crippen molar-refractivity contribution in [2.45, 2.75) is 24.9 Å². The van der Waals surface area contributed by atoms with Crippen molar-refractivity contribution in [2.75, 3.05) is 6.26 Å². The zero-order chi connectivity index (χ0) is 9.69. The lowest BCUT2D eigenvalue weighted by atomic mass is 9.81. The Morgan fingerprint density at radius 2 is 2.15 bits per heavy atom. The molecule has 1 atom stereocenters. The summed E-state index contributed by atoms with van der Waals surface area (Å²) in [7, 11) is -3.51. The first-order valence-corrected chi connectivity index (χ1v) is 6.09. The molecule has 0 heterocycles. The fraction of sp³-hybridized carbons (Fsp3) is 0.875. The summed E-state index contributed by atoms with van der Waals surface area (Å²) in [6, 6.07) is 2.02. The standard InChI is InChI=1S/C8H11NO3S/c1-13(10,11)12-8(5-9)4-6-2-7(8)3-6/h6-7H,2-4H2,1H3/t6?,7?,8-/m1/s1. The topological polar surface area (TPSA) is 67.2 Å².